The zero-order valence-corrected chi connectivity index (χ0v) is 9.01. The van der Waals surface area contributed by atoms with Gasteiger partial charge in [-0.1, -0.05) is 37.3 Å². The first-order valence-corrected chi connectivity index (χ1v) is 5.00. The molecule has 0 aliphatic heterocycles. The zero-order valence-electron chi connectivity index (χ0n) is 9.01. The molecule has 1 aromatic rings. The Bertz CT molecular complexity index is 359. The van der Waals surface area contributed by atoms with Crippen LogP contribution in [0.5, 0.6) is 0 Å². The number of carbonyl (C=O) groups is 2. The van der Waals surface area contributed by atoms with Gasteiger partial charge in [0.15, 0.2) is 0 Å². The van der Waals surface area contributed by atoms with Crippen molar-refractivity contribution in [3.05, 3.63) is 35.9 Å². The smallest absolute Gasteiger partial charge is 0.306 e. The standard InChI is InChI=1S/C12H14O4/c1-9(12(14)15)7-11(13)16-8-10-5-3-2-4-6-10/h2-6,9H,7-8H2,1H3,(H,14,15)/p-1. The predicted molar refractivity (Wildman–Crippen MR) is 55.0 cm³/mol. The van der Waals surface area contributed by atoms with Crippen molar-refractivity contribution >= 4 is 11.9 Å². The highest BCUT2D eigenvalue weighted by molar-refractivity contribution is 5.77. The lowest BCUT2D eigenvalue weighted by Crippen LogP contribution is -2.31. The van der Waals surface area contributed by atoms with E-state index < -0.39 is 17.9 Å². The largest absolute Gasteiger partial charge is 0.550 e. The fourth-order valence-corrected chi connectivity index (χ4v) is 1.13. The molecule has 0 radical (unpaired) electrons. The molecule has 1 rings (SSSR count). The van der Waals surface area contributed by atoms with E-state index in [0.717, 1.165) is 5.56 Å². The van der Waals surface area contributed by atoms with E-state index in [9.17, 15) is 14.7 Å². The molecule has 1 unspecified atom stereocenters. The lowest BCUT2D eigenvalue weighted by atomic mass is 10.1. The topological polar surface area (TPSA) is 66.4 Å². The van der Waals surface area contributed by atoms with Gasteiger partial charge in [-0.2, -0.15) is 0 Å². The maximum atomic E-state index is 11.2. The number of ether oxygens (including phenoxy) is 1. The Balaban J connectivity index is 2.33. The summed E-state index contributed by atoms with van der Waals surface area (Å²) in [6, 6.07) is 9.20. The number of carboxylic acids is 1. The summed E-state index contributed by atoms with van der Waals surface area (Å²) >= 11 is 0. The quantitative estimate of drug-likeness (QED) is 0.679. The van der Waals surface area contributed by atoms with Crippen molar-refractivity contribution in [1.82, 2.24) is 0 Å². The highest BCUT2D eigenvalue weighted by Crippen LogP contribution is 2.05. The molecule has 0 bridgehead atoms. The van der Waals surface area contributed by atoms with Crippen LogP contribution in [-0.4, -0.2) is 11.9 Å². The molecule has 0 aliphatic rings. The minimum absolute atomic E-state index is 0.158. The molecule has 1 atom stereocenters. The Morgan fingerprint density at radius 2 is 1.94 bits per heavy atom. The minimum atomic E-state index is -1.24. The van der Waals surface area contributed by atoms with Crippen molar-refractivity contribution in [3.8, 4) is 0 Å². The molecule has 4 heteroatoms. The molecule has 0 N–H and O–H groups in total. The van der Waals surface area contributed by atoms with Gasteiger partial charge in [0.25, 0.3) is 0 Å². The van der Waals surface area contributed by atoms with E-state index in [0.29, 0.717) is 0 Å². The van der Waals surface area contributed by atoms with Crippen LogP contribution in [0.4, 0.5) is 0 Å². The Kier molecular flexibility index (Phi) is 4.51. The normalized spacial score (nSPS) is 11.8. The molecule has 0 amide bonds. The summed E-state index contributed by atoms with van der Waals surface area (Å²) in [5.41, 5.74) is 0.872. The third-order valence-corrected chi connectivity index (χ3v) is 2.12. The van der Waals surface area contributed by atoms with Gasteiger partial charge in [-0.3, -0.25) is 4.79 Å². The Hall–Kier alpha value is -1.84. The average molecular weight is 221 g/mol. The van der Waals surface area contributed by atoms with E-state index in [4.69, 9.17) is 4.74 Å². The first-order chi connectivity index (χ1) is 7.59. The lowest BCUT2D eigenvalue weighted by molar-refractivity contribution is -0.311. The monoisotopic (exact) mass is 221 g/mol. The highest BCUT2D eigenvalue weighted by Gasteiger charge is 2.10. The van der Waals surface area contributed by atoms with E-state index >= 15 is 0 Å². The van der Waals surface area contributed by atoms with Crippen molar-refractivity contribution in [1.29, 1.82) is 0 Å². The summed E-state index contributed by atoms with van der Waals surface area (Å²) < 4.78 is 4.92. The molecule has 4 nitrogen and oxygen atoms in total. The number of rotatable bonds is 5. The number of aliphatic carboxylic acids is 1. The summed E-state index contributed by atoms with van der Waals surface area (Å²) in [5, 5.41) is 10.4. The van der Waals surface area contributed by atoms with Gasteiger partial charge in [-0.15, -0.1) is 0 Å². The van der Waals surface area contributed by atoms with E-state index in [1.165, 1.54) is 6.92 Å². The van der Waals surface area contributed by atoms with Gasteiger partial charge >= 0.3 is 5.97 Å². The number of carbonyl (C=O) groups excluding carboxylic acids is 2. The van der Waals surface area contributed by atoms with Gasteiger partial charge in [0.05, 0.1) is 6.42 Å². The first-order valence-electron chi connectivity index (χ1n) is 5.00. The number of esters is 1. The molecule has 0 fully saturated rings. The maximum absolute atomic E-state index is 11.2. The summed E-state index contributed by atoms with van der Waals surface area (Å²) in [4.78, 5) is 21.6. The molecule has 0 spiro atoms. The predicted octanol–water partition coefficient (Wildman–Crippen LogP) is 0.506. The van der Waals surface area contributed by atoms with E-state index in [1.54, 1.807) is 0 Å². The van der Waals surface area contributed by atoms with Crippen LogP contribution in [0.3, 0.4) is 0 Å². The Labute approximate surface area is 93.9 Å². The molecule has 16 heavy (non-hydrogen) atoms. The van der Waals surface area contributed by atoms with Crippen LogP contribution in [-0.2, 0) is 20.9 Å². The summed E-state index contributed by atoms with van der Waals surface area (Å²) in [7, 11) is 0. The Morgan fingerprint density at radius 3 is 2.50 bits per heavy atom. The molecule has 86 valence electrons. The van der Waals surface area contributed by atoms with Gasteiger partial charge in [-0.25, -0.2) is 0 Å². The van der Waals surface area contributed by atoms with Crippen molar-refractivity contribution in [3.63, 3.8) is 0 Å². The molecular formula is C12H13O4-. The van der Waals surface area contributed by atoms with Crippen LogP contribution in [0, 0.1) is 5.92 Å². The van der Waals surface area contributed by atoms with Crippen molar-refractivity contribution in [2.45, 2.75) is 20.0 Å². The van der Waals surface area contributed by atoms with Gasteiger partial charge in [0, 0.05) is 11.9 Å². The number of carboxylic acid groups (broad SMARTS) is 1. The number of hydrogen-bond donors (Lipinski definition) is 0. The second-order valence-electron chi connectivity index (χ2n) is 3.57. The summed E-state index contributed by atoms with van der Waals surface area (Å²) in [5.74, 6) is -2.58. The molecule has 0 aromatic heterocycles. The zero-order chi connectivity index (χ0) is 12.0. The van der Waals surface area contributed by atoms with Crippen LogP contribution in [0.1, 0.15) is 18.9 Å². The number of hydrogen-bond acceptors (Lipinski definition) is 4. The number of benzene rings is 1. The Morgan fingerprint density at radius 1 is 1.31 bits per heavy atom. The molecular weight excluding hydrogens is 208 g/mol. The fourth-order valence-electron chi connectivity index (χ4n) is 1.13. The second kappa shape index (κ2) is 5.90. The van der Waals surface area contributed by atoms with E-state index in [-0.39, 0.29) is 13.0 Å². The van der Waals surface area contributed by atoms with Crippen LogP contribution in [0.2, 0.25) is 0 Å². The first kappa shape index (κ1) is 12.2. The summed E-state index contributed by atoms with van der Waals surface area (Å²) in [6.45, 7) is 1.58. The molecule has 0 saturated carbocycles. The fraction of sp³-hybridized carbons (Fsp3) is 0.333. The van der Waals surface area contributed by atoms with Crippen LogP contribution in [0.25, 0.3) is 0 Å². The van der Waals surface area contributed by atoms with Crippen LogP contribution < -0.4 is 5.11 Å². The molecule has 0 heterocycles. The van der Waals surface area contributed by atoms with Gasteiger partial charge < -0.3 is 14.6 Å². The van der Waals surface area contributed by atoms with Gasteiger partial charge in [-0.05, 0) is 5.56 Å². The van der Waals surface area contributed by atoms with Crippen LogP contribution in [0.15, 0.2) is 30.3 Å². The third-order valence-electron chi connectivity index (χ3n) is 2.12. The van der Waals surface area contributed by atoms with E-state index in [2.05, 4.69) is 0 Å². The highest BCUT2D eigenvalue weighted by atomic mass is 16.5. The van der Waals surface area contributed by atoms with Crippen molar-refractivity contribution < 1.29 is 19.4 Å². The van der Waals surface area contributed by atoms with Crippen molar-refractivity contribution in [2.24, 2.45) is 5.92 Å². The molecule has 0 saturated heterocycles. The van der Waals surface area contributed by atoms with Crippen molar-refractivity contribution in [2.75, 3.05) is 0 Å². The SMILES string of the molecule is CC(CC(=O)OCc1ccccc1)C(=O)[O-]. The average Bonchev–Trinajstić information content (AvgIpc) is 2.27. The summed E-state index contributed by atoms with van der Waals surface area (Å²) in [6.07, 6.45) is -0.158. The van der Waals surface area contributed by atoms with E-state index in [1.807, 2.05) is 30.3 Å². The van der Waals surface area contributed by atoms with Crippen LogP contribution >= 0.6 is 0 Å². The molecule has 1 aromatic carbocycles. The van der Waals surface area contributed by atoms with Gasteiger partial charge in [0.1, 0.15) is 6.61 Å². The maximum Gasteiger partial charge on any atom is 0.306 e. The molecule has 0 aliphatic carbocycles. The second-order valence-corrected chi connectivity index (χ2v) is 3.57. The third kappa shape index (κ3) is 4.13. The lowest BCUT2D eigenvalue weighted by Gasteiger charge is -2.11. The minimum Gasteiger partial charge on any atom is -0.550 e. The van der Waals surface area contributed by atoms with Gasteiger partial charge in [0.2, 0.25) is 0 Å².